The molecule has 0 atom stereocenters. The standard InChI is InChI=1S/C17H20O3S/c1-2-20-16(18)8-5-9-17(11-19-12-17)15-10-13-6-3-4-7-14(13)21-15/h3-4,6-7,10H,2,5,8-9,11-12H2,1H3. The third-order valence-corrected chi connectivity index (χ3v) is 5.41. The van der Waals surface area contributed by atoms with Crippen molar-refractivity contribution in [3.63, 3.8) is 0 Å². The number of hydrogen-bond donors (Lipinski definition) is 0. The Morgan fingerprint density at radius 1 is 1.38 bits per heavy atom. The lowest BCUT2D eigenvalue weighted by molar-refractivity contribution is -0.143. The van der Waals surface area contributed by atoms with Gasteiger partial charge in [0, 0.05) is 16.0 Å². The number of carbonyl (C=O) groups is 1. The molecular weight excluding hydrogens is 284 g/mol. The van der Waals surface area contributed by atoms with Crippen LogP contribution < -0.4 is 0 Å². The first-order valence-corrected chi connectivity index (χ1v) is 8.28. The first kappa shape index (κ1) is 14.5. The molecule has 21 heavy (non-hydrogen) atoms. The van der Waals surface area contributed by atoms with Gasteiger partial charge in [-0.2, -0.15) is 0 Å². The van der Waals surface area contributed by atoms with Crippen LogP contribution in [0.3, 0.4) is 0 Å². The number of carbonyl (C=O) groups excluding carboxylic acids is 1. The van der Waals surface area contributed by atoms with Gasteiger partial charge in [-0.15, -0.1) is 11.3 Å². The Balaban J connectivity index is 1.69. The van der Waals surface area contributed by atoms with Crippen LogP contribution in [0.15, 0.2) is 30.3 Å². The van der Waals surface area contributed by atoms with Gasteiger partial charge in [0.1, 0.15) is 0 Å². The molecule has 0 saturated carbocycles. The van der Waals surface area contributed by atoms with Crippen LogP contribution in [-0.2, 0) is 19.7 Å². The van der Waals surface area contributed by atoms with E-state index in [9.17, 15) is 4.79 Å². The largest absolute Gasteiger partial charge is 0.466 e. The lowest BCUT2D eigenvalue weighted by Crippen LogP contribution is -2.46. The fourth-order valence-electron chi connectivity index (χ4n) is 2.81. The molecule has 1 aromatic heterocycles. The Labute approximate surface area is 128 Å². The number of benzene rings is 1. The molecule has 1 aliphatic rings. The molecule has 2 aromatic rings. The van der Waals surface area contributed by atoms with Crippen LogP contribution >= 0.6 is 11.3 Å². The minimum absolute atomic E-state index is 0.0933. The second-order valence-electron chi connectivity index (χ2n) is 5.58. The van der Waals surface area contributed by atoms with Gasteiger partial charge in [0.25, 0.3) is 0 Å². The van der Waals surface area contributed by atoms with E-state index in [0.717, 1.165) is 26.1 Å². The summed E-state index contributed by atoms with van der Waals surface area (Å²) >= 11 is 1.85. The van der Waals surface area contributed by atoms with Crippen molar-refractivity contribution < 1.29 is 14.3 Å². The van der Waals surface area contributed by atoms with Crippen molar-refractivity contribution in [2.24, 2.45) is 0 Å². The average molecular weight is 304 g/mol. The zero-order chi connectivity index (χ0) is 14.7. The van der Waals surface area contributed by atoms with E-state index >= 15 is 0 Å². The first-order chi connectivity index (χ1) is 10.2. The number of esters is 1. The van der Waals surface area contributed by atoms with E-state index in [4.69, 9.17) is 9.47 Å². The van der Waals surface area contributed by atoms with Gasteiger partial charge in [0.2, 0.25) is 0 Å². The zero-order valence-electron chi connectivity index (χ0n) is 12.3. The summed E-state index contributed by atoms with van der Waals surface area (Å²) in [7, 11) is 0. The van der Waals surface area contributed by atoms with Gasteiger partial charge in [-0.3, -0.25) is 4.79 Å². The third-order valence-electron chi connectivity index (χ3n) is 4.05. The molecule has 1 aliphatic heterocycles. The fourth-order valence-corrected chi connectivity index (χ4v) is 4.06. The Morgan fingerprint density at radius 2 is 2.19 bits per heavy atom. The second kappa shape index (κ2) is 6.16. The molecule has 0 N–H and O–H groups in total. The number of fused-ring (bicyclic) bond motifs is 1. The normalized spacial score (nSPS) is 16.6. The highest BCUT2D eigenvalue weighted by Gasteiger charge is 2.41. The van der Waals surface area contributed by atoms with Crippen LogP contribution in [0.5, 0.6) is 0 Å². The minimum atomic E-state index is -0.0933. The molecule has 0 unspecified atom stereocenters. The average Bonchev–Trinajstić information content (AvgIpc) is 2.86. The number of ether oxygens (including phenoxy) is 2. The first-order valence-electron chi connectivity index (χ1n) is 7.46. The van der Waals surface area contributed by atoms with Crippen molar-refractivity contribution in [2.75, 3.05) is 19.8 Å². The predicted molar refractivity (Wildman–Crippen MR) is 84.8 cm³/mol. The summed E-state index contributed by atoms with van der Waals surface area (Å²) in [6.07, 6.45) is 2.34. The maximum Gasteiger partial charge on any atom is 0.305 e. The van der Waals surface area contributed by atoms with Gasteiger partial charge in [-0.1, -0.05) is 18.2 Å². The highest BCUT2D eigenvalue weighted by molar-refractivity contribution is 7.19. The quantitative estimate of drug-likeness (QED) is 0.759. The van der Waals surface area contributed by atoms with Gasteiger partial charge < -0.3 is 9.47 Å². The van der Waals surface area contributed by atoms with Crippen molar-refractivity contribution in [3.05, 3.63) is 35.2 Å². The summed E-state index contributed by atoms with van der Waals surface area (Å²) in [6.45, 7) is 3.84. The van der Waals surface area contributed by atoms with E-state index in [2.05, 4.69) is 30.3 Å². The SMILES string of the molecule is CCOC(=O)CCCC1(c2cc3ccccc3s2)COC1. The third kappa shape index (κ3) is 2.97. The summed E-state index contributed by atoms with van der Waals surface area (Å²) in [5, 5.41) is 1.30. The van der Waals surface area contributed by atoms with E-state index in [0.29, 0.717) is 13.0 Å². The zero-order valence-corrected chi connectivity index (χ0v) is 13.1. The molecule has 2 heterocycles. The molecule has 0 spiro atoms. The Morgan fingerprint density at radius 3 is 2.86 bits per heavy atom. The topological polar surface area (TPSA) is 35.5 Å². The monoisotopic (exact) mass is 304 g/mol. The van der Waals surface area contributed by atoms with Gasteiger partial charge in [-0.05, 0) is 37.3 Å². The van der Waals surface area contributed by atoms with Crippen LogP contribution in [0.2, 0.25) is 0 Å². The smallest absolute Gasteiger partial charge is 0.305 e. The number of thiophene rings is 1. The van der Waals surface area contributed by atoms with Crippen LogP contribution in [0.1, 0.15) is 31.1 Å². The van der Waals surface area contributed by atoms with Gasteiger partial charge in [0.05, 0.1) is 25.2 Å². The van der Waals surface area contributed by atoms with Crippen LogP contribution in [0.4, 0.5) is 0 Å². The summed E-state index contributed by atoms with van der Waals surface area (Å²) in [6, 6.07) is 10.8. The van der Waals surface area contributed by atoms with Gasteiger partial charge in [-0.25, -0.2) is 0 Å². The van der Waals surface area contributed by atoms with Crippen molar-refractivity contribution in [3.8, 4) is 0 Å². The molecule has 4 heteroatoms. The van der Waals surface area contributed by atoms with Crippen molar-refractivity contribution >= 4 is 27.4 Å². The van der Waals surface area contributed by atoms with E-state index in [1.165, 1.54) is 15.0 Å². The predicted octanol–water partition coefficient (Wildman–Crippen LogP) is 3.90. The van der Waals surface area contributed by atoms with Crippen molar-refractivity contribution in [1.29, 1.82) is 0 Å². The van der Waals surface area contributed by atoms with Crippen LogP contribution in [0, 0.1) is 0 Å². The summed E-state index contributed by atoms with van der Waals surface area (Å²) < 4.78 is 11.8. The molecule has 0 amide bonds. The van der Waals surface area contributed by atoms with Gasteiger partial charge in [0.15, 0.2) is 0 Å². The molecular formula is C17H20O3S. The molecule has 0 bridgehead atoms. The van der Waals surface area contributed by atoms with E-state index in [1.54, 1.807) is 0 Å². The molecule has 0 aliphatic carbocycles. The summed E-state index contributed by atoms with van der Waals surface area (Å²) in [5.74, 6) is -0.0933. The van der Waals surface area contributed by atoms with Crippen LogP contribution in [-0.4, -0.2) is 25.8 Å². The summed E-state index contributed by atoms with van der Waals surface area (Å²) in [4.78, 5) is 12.8. The maximum absolute atomic E-state index is 11.5. The van der Waals surface area contributed by atoms with Crippen molar-refractivity contribution in [2.45, 2.75) is 31.6 Å². The summed E-state index contributed by atoms with van der Waals surface area (Å²) in [5.41, 5.74) is 0.107. The number of hydrogen-bond acceptors (Lipinski definition) is 4. The Bertz CT molecular complexity index is 595. The van der Waals surface area contributed by atoms with Gasteiger partial charge >= 0.3 is 5.97 Å². The second-order valence-corrected chi connectivity index (χ2v) is 6.66. The lowest BCUT2D eigenvalue weighted by Gasteiger charge is -2.41. The van der Waals surface area contributed by atoms with Crippen molar-refractivity contribution in [1.82, 2.24) is 0 Å². The molecule has 0 radical (unpaired) electrons. The van der Waals surface area contributed by atoms with E-state index in [-0.39, 0.29) is 11.4 Å². The fraction of sp³-hybridized carbons (Fsp3) is 0.471. The molecule has 1 fully saturated rings. The minimum Gasteiger partial charge on any atom is -0.466 e. The van der Waals surface area contributed by atoms with E-state index < -0.39 is 0 Å². The Kier molecular flexibility index (Phi) is 4.27. The molecule has 1 aromatic carbocycles. The van der Waals surface area contributed by atoms with E-state index in [1.807, 2.05) is 18.3 Å². The molecule has 3 rings (SSSR count). The van der Waals surface area contributed by atoms with Crippen LogP contribution in [0.25, 0.3) is 10.1 Å². The maximum atomic E-state index is 11.5. The Hall–Kier alpha value is -1.39. The molecule has 1 saturated heterocycles. The molecule has 112 valence electrons. The lowest BCUT2D eigenvalue weighted by atomic mass is 9.79. The highest BCUT2D eigenvalue weighted by atomic mass is 32.1. The highest BCUT2D eigenvalue weighted by Crippen LogP contribution is 2.42. The number of rotatable bonds is 6. The molecule has 3 nitrogen and oxygen atoms in total.